The van der Waals surface area contributed by atoms with Crippen LogP contribution in [0, 0.1) is 10.1 Å². The molecule has 1 N–H and O–H groups in total. The van der Waals surface area contributed by atoms with Crippen LogP contribution in [0.1, 0.15) is 38.5 Å². The summed E-state index contributed by atoms with van der Waals surface area (Å²) in [6.07, 6.45) is 5.29. The van der Waals surface area contributed by atoms with Crippen LogP contribution in [0.25, 0.3) is 0 Å². The maximum absolute atomic E-state index is 13.0. The number of anilines is 1. The molecule has 12 heteroatoms. The summed E-state index contributed by atoms with van der Waals surface area (Å²) >= 11 is 0. The lowest BCUT2D eigenvalue weighted by molar-refractivity contribution is -0.384. The van der Waals surface area contributed by atoms with Gasteiger partial charge in [-0.15, -0.1) is 0 Å². The van der Waals surface area contributed by atoms with E-state index in [2.05, 4.69) is 5.32 Å². The first kappa shape index (κ1) is 25.3. The maximum Gasteiger partial charge on any atom is 0.296 e. The minimum atomic E-state index is -3.49. The molecule has 1 aromatic rings. The molecule has 0 aromatic heterocycles. The number of methoxy groups -OCH3 is 1. The smallest absolute Gasteiger partial charge is 0.296 e. The summed E-state index contributed by atoms with van der Waals surface area (Å²) in [5.74, 6) is -0.00277. The topological polar surface area (TPSA) is 125 Å². The monoisotopic (exact) mass is 483 g/mol. The van der Waals surface area contributed by atoms with Crippen LogP contribution in [0.15, 0.2) is 18.2 Å². The number of ether oxygens (including phenoxy) is 1. The summed E-state index contributed by atoms with van der Waals surface area (Å²) in [6.45, 7) is 2.28. The Labute approximate surface area is 195 Å². The van der Waals surface area contributed by atoms with Crippen molar-refractivity contribution in [3.63, 3.8) is 0 Å². The van der Waals surface area contributed by atoms with Crippen molar-refractivity contribution >= 4 is 27.5 Å². The molecule has 1 amide bonds. The number of carbonyl (C=O) groups is 1. The average molecular weight is 484 g/mol. The Morgan fingerprint density at radius 1 is 1.21 bits per heavy atom. The fourth-order valence-corrected chi connectivity index (χ4v) is 5.94. The van der Waals surface area contributed by atoms with Crippen molar-refractivity contribution < 1.29 is 22.9 Å². The van der Waals surface area contributed by atoms with Gasteiger partial charge in [0.05, 0.1) is 18.1 Å². The van der Waals surface area contributed by atoms with Crippen LogP contribution in [-0.2, 0) is 15.0 Å². The zero-order chi connectivity index (χ0) is 24.0. The Morgan fingerprint density at radius 2 is 1.88 bits per heavy atom. The van der Waals surface area contributed by atoms with Gasteiger partial charge in [-0.3, -0.25) is 14.9 Å². The number of rotatable bonds is 9. The van der Waals surface area contributed by atoms with Crippen molar-refractivity contribution in [1.82, 2.24) is 13.5 Å². The minimum absolute atomic E-state index is 0.0764. The van der Waals surface area contributed by atoms with Crippen LogP contribution in [0.3, 0.4) is 0 Å². The highest BCUT2D eigenvalue weighted by molar-refractivity contribution is 7.86. The molecule has 0 atom stereocenters. The van der Waals surface area contributed by atoms with Gasteiger partial charge in [0.25, 0.3) is 15.9 Å². The predicted octanol–water partition coefficient (Wildman–Crippen LogP) is 2.06. The predicted molar refractivity (Wildman–Crippen MR) is 124 cm³/mol. The first-order chi connectivity index (χ1) is 15.7. The third-order valence-corrected chi connectivity index (χ3v) is 8.48. The fraction of sp³-hybridized carbons (Fsp3) is 0.667. The number of piperazine rings is 1. The molecular formula is C21H33N5O6S. The normalized spacial score (nSPS) is 18.9. The van der Waals surface area contributed by atoms with Crippen LogP contribution >= 0.6 is 0 Å². The number of hydrogen-bond donors (Lipinski definition) is 1. The summed E-state index contributed by atoms with van der Waals surface area (Å²) in [5.41, 5.74) is -0.115. The zero-order valence-corrected chi connectivity index (χ0v) is 20.1. The van der Waals surface area contributed by atoms with E-state index in [9.17, 15) is 23.3 Å². The minimum Gasteiger partial charge on any atom is -0.496 e. The van der Waals surface area contributed by atoms with E-state index >= 15 is 0 Å². The Bertz CT molecular complexity index is 942. The number of nitrogens with zero attached hydrogens (tertiary/aromatic N) is 4. The fourth-order valence-electron chi connectivity index (χ4n) is 4.37. The second kappa shape index (κ2) is 11.2. The Balaban J connectivity index is 1.48. The largest absolute Gasteiger partial charge is 0.496 e. The van der Waals surface area contributed by atoms with E-state index in [-0.39, 0.29) is 29.7 Å². The highest BCUT2D eigenvalue weighted by atomic mass is 32.2. The van der Waals surface area contributed by atoms with E-state index in [1.165, 1.54) is 34.3 Å². The van der Waals surface area contributed by atoms with Crippen molar-refractivity contribution in [2.45, 2.75) is 44.6 Å². The van der Waals surface area contributed by atoms with Crippen molar-refractivity contribution in [1.29, 1.82) is 0 Å². The Hall–Kier alpha value is -2.28. The maximum atomic E-state index is 13.0. The van der Waals surface area contributed by atoms with Crippen LogP contribution in [0.5, 0.6) is 5.75 Å². The number of nitro benzene ring substituents is 1. The van der Waals surface area contributed by atoms with Crippen LogP contribution in [-0.4, -0.2) is 85.7 Å². The quantitative estimate of drug-likeness (QED) is 0.421. The van der Waals surface area contributed by atoms with Crippen molar-refractivity contribution in [2.24, 2.45) is 0 Å². The van der Waals surface area contributed by atoms with E-state index in [4.69, 9.17) is 4.74 Å². The molecule has 1 heterocycles. The summed E-state index contributed by atoms with van der Waals surface area (Å²) in [4.78, 5) is 25.1. The van der Waals surface area contributed by atoms with Gasteiger partial charge in [-0.2, -0.15) is 17.0 Å². The summed E-state index contributed by atoms with van der Waals surface area (Å²) in [7, 11) is -0.395. The van der Waals surface area contributed by atoms with Gasteiger partial charge in [-0.25, -0.2) is 0 Å². The molecular weight excluding hydrogens is 450 g/mol. The number of hydrogen-bond acceptors (Lipinski definition) is 7. The van der Waals surface area contributed by atoms with Crippen molar-refractivity contribution in [2.75, 3.05) is 52.2 Å². The highest BCUT2D eigenvalue weighted by Gasteiger charge is 2.34. The number of carbonyl (C=O) groups excluding carboxylic acids is 1. The van der Waals surface area contributed by atoms with E-state index in [0.29, 0.717) is 38.5 Å². The van der Waals surface area contributed by atoms with Gasteiger partial charge in [0.1, 0.15) is 11.4 Å². The number of amides is 1. The third kappa shape index (κ3) is 6.40. The van der Waals surface area contributed by atoms with E-state index in [0.717, 1.165) is 25.7 Å². The lowest BCUT2D eigenvalue weighted by Gasteiger charge is -2.38. The molecule has 0 radical (unpaired) electrons. The van der Waals surface area contributed by atoms with E-state index in [1.54, 1.807) is 13.1 Å². The molecule has 0 spiro atoms. The molecule has 2 aliphatic rings. The van der Waals surface area contributed by atoms with Crippen molar-refractivity contribution in [3.8, 4) is 5.75 Å². The first-order valence-electron chi connectivity index (χ1n) is 11.3. The molecule has 33 heavy (non-hydrogen) atoms. The lowest BCUT2D eigenvalue weighted by atomic mass is 9.96. The average Bonchev–Trinajstić information content (AvgIpc) is 2.83. The third-order valence-electron chi connectivity index (χ3n) is 6.44. The van der Waals surface area contributed by atoms with Crippen LogP contribution in [0.2, 0.25) is 0 Å². The Kier molecular flexibility index (Phi) is 8.63. The Morgan fingerprint density at radius 3 is 2.48 bits per heavy atom. The summed E-state index contributed by atoms with van der Waals surface area (Å²) in [6, 6.07) is 4.33. The molecule has 2 fully saturated rings. The van der Waals surface area contributed by atoms with Crippen LogP contribution in [0.4, 0.5) is 11.4 Å². The summed E-state index contributed by atoms with van der Waals surface area (Å²) < 4.78 is 34.1. The second-order valence-corrected chi connectivity index (χ2v) is 10.5. The second-order valence-electron chi connectivity index (χ2n) is 8.49. The molecule has 3 rings (SSSR count). The number of nitrogens with one attached hydrogen (secondary N) is 1. The SMILES string of the molecule is COc1ccc(NC(=O)CCN2CCN(S(=O)(=O)N(C)C3CCCCC3)CC2)c([N+](=O)[O-])c1. The first-order valence-corrected chi connectivity index (χ1v) is 12.7. The lowest BCUT2D eigenvalue weighted by Crippen LogP contribution is -2.54. The highest BCUT2D eigenvalue weighted by Crippen LogP contribution is 2.29. The van der Waals surface area contributed by atoms with E-state index in [1.807, 2.05) is 4.90 Å². The molecule has 1 aliphatic heterocycles. The number of benzene rings is 1. The van der Waals surface area contributed by atoms with Gasteiger partial charge in [0.15, 0.2) is 0 Å². The molecule has 1 saturated heterocycles. The number of nitro groups is 1. The molecule has 1 saturated carbocycles. The van der Waals surface area contributed by atoms with Crippen molar-refractivity contribution in [3.05, 3.63) is 28.3 Å². The zero-order valence-electron chi connectivity index (χ0n) is 19.2. The van der Waals surface area contributed by atoms with Gasteiger partial charge < -0.3 is 15.0 Å². The molecule has 0 unspecified atom stereocenters. The molecule has 184 valence electrons. The standard InChI is InChI=1S/C21H33N5O6S/c1-23(17-6-4-3-5-7-17)33(30,31)25-14-12-24(13-15-25)11-10-21(27)22-19-9-8-18(32-2)16-20(19)26(28)29/h8-9,16-17H,3-7,10-15H2,1-2H3,(H,22,27). The molecule has 1 aliphatic carbocycles. The van der Waals surface area contributed by atoms with Crippen LogP contribution < -0.4 is 10.1 Å². The molecule has 0 bridgehead atoms. The van der Waals surface area contributed by atoms with Gasteiger partial charge in [0.2, 0.25) is 5.91 Å². The van der Waals surface area contributed by atoms with E-state index < -0.39 is 15.1 Å². The molecule has 11 nitrogen and oxygen atoms in total. The van der Waals surface area contributed by atoms with Gasteiger partial charge >= 0.3 is 0 Å². The summed E-state index contributed by atoms with van der Waals surface area (Å²) in [5, 5.41) is 13.9. The van der Waals surface area contributed by atoms with Gasteiger partial charge in [-0.05, 0) is 25.0 Å². The molecule has 1 aromatic carbocycles. The van der Waals surface area contributed by atoms with Gasteiger partial charge in [0, 0.05) is 52.2 Å². The van der Waals surface area contributed by atoms with Gasteiger partial charge in [-0.1, -0.05) is 19.3 Å².